The van der Waals surface area contributed by atoms with Crippen molar-refractivity contribution in [3.63, 3.8) is 0 Å². The summed E-state index contributed by atoms with van der Waals surface area (Å²) in [4.78, 5) is 24.7. The number of nitrogens with zero attached hydrogens (tertiary/aromatic N) is 2. The number of nitro groups is 1. The van der Waals surface area contributed by atoms with Gasteiger partial charge in [0.15, 0.2) is 0 Å². The predicted octanol–water partition coefficient (Wildman–Crippen LogP) is 1.73. The molecule has 1 amide bonds. The number of rotatable bonds is 3. The van der Waals surface area contributed by atoms with Gasteiger partial charge in [0, 0.05) is 36.3 Å². The second kappa shape index (κ2) is 6.00. The molecule has 6 nitrogen and oxygen atoms in total. The molecule has 0 bridgehead atoms. The van der Waals surface area contributed by atoms with Crippen LogP contribution in [-0.4, -0.2) is 41.9 Å². The van der Waals surface area contributed by atoms with Crippen molar-refractivity contribution >= 4 is 11.6 Å². The van der Waals surface area contributed by atoms with Crippen LogP contribution in [0.3, 0.4) is 0 Å². The Hall–Kier alpha value is -1.95. The number of hydrogen-bond donors (Lipinski definition) is 1. The van der Waals surface area contributed by atoms with Crippen LogP contribution in [0.4, 0.5) is 5.69 Å². The summed E-state index contributed by atoms with van der Waals surface area (Å²) in [6.07, 6.45) is 1.83. The van der Waals surface area contributed by atoms with E-state index in [-0.39, 0.29) is 11.6 Å². The van der Waals surface area contributed by atoms with Crippen LogP contribution in [0.15, 0.2) is 18.2 Å². The molecule has 0 aromatic heterocycles. The van der Waals surface area contributed by atoms with Gasteiger partial charge < -0.3 is 10.2 Å². The van der Waals surface area contributed by atoms with Gasteiger partial charge in [0.25, 0.3) is 11.6 Å². The first-order valence-corrected chi connectivity index (χ1v) is 6.75. The van der Waals surface area contributed by atoms with Crippen molar-refractivity contribution in [1.29, 1.82) is 0 Å². The third-order valence-electron chi connectivity index (χ3n) is 3.92. The van der Waals surface area contributed by atoms with Gasteiger partial charge in [0.2, 0.25) is 0 Å². The van der Waals surface area contributed by atoms with Crippen molar-refractivity contribution in [3.05, 3.63) is 39.4 Å². The molecule has 1 aromatic rings. The maximum Gasteiger partial charge on any atom is 0.273 e. The Labute approximate surface area is 117 Å². The number of piperidine rings is 1. The average molecular weight is 277 g/mol. The molecule has 1 saturated heterocycles. The van der Waals surface area contributed by atoms with E-state index in [1.54, 1.807) is 24.0 Å². The fraction of sp³-hybridized carbons (Fsp3) is 0.500. The molecule has 108 valence electrons. The molecule has 1 aliphatic rings. The summed E-state index contributed by atoms with van der Waals surface area (Å²) in [6, 6.07) is 5.11. The van der Waals surface area contributed by atoms with E-state index in [0.29, 0.717) is 30.3 Å². The van der Waals surface area contributed by atoms with Gasteiger partial charge in [-0.2, -0.15) is 0 Å². The summed E-state index contributed by atoms with van der Waals surface area (Å²) < 4.78 is 0. The van der Waals surface area contributed by atoms with Crippen LogP contribution in [-0.2, 0) is 0 Å². The van der Waals surface area contributed by atoms with Gasteiger partial charge in [0.05, 0.1) is 4.92 Å². The highest BCUT2D eigenvalue weighted by Crippen LogP contribution is 2.23. The van der Waals surface area contributed by atoms with Crippen LogP contribution in [0.5, 0.6) is 0 Å². The zero-order chi connectivity index (χ0) is 14.7. The SMILES string of the molecule is CNC1CCN(C(=O)c2cccc([N+](=O)[O-])c2C)CC1. The Balaban J connectivity index is 2.18. The summed E-state index contributed by atoms with van der Waals surface area (Å²) in [7, 11) is 1.92. The van der Waals surface area contributed by atoms with Crippen molar-refractivity contribution in [2.45, 2.75) is 25.8 Å². The first-order valence-electron chi connectivity index (χ1n) is 6.75. The van der Waals surface area contributed by atoms with E-state index in [1.807, 2.05) is 7.05 Å². The number of hydrogen-bond acceptors (Lipinski definition) is 4. The number of amides is 1. The molecule has 1 fully saturated rings. The minimum absolute atomic E-state index is 0.000890. The van der Waals surface area contributed by atoms with Crippen molar-refractivity contribution in [3.8, 4) is 0 Å². The Kier molecular flexibility index (Phi) is 4.34. The van der Waals surface area contributed by atoms with Gasteiger partial charge in [0.1, 0.15) is 0 Å². The van der Waals surface area contributed by atoms with E-state index >= 15 is 0 Å². The fourth-order valence-electron chi connectivity index (χ4n) is 2.59. The van der Waals surface area contributed by atoms with Gasteiger partial charge in [-0.05, 0) is 32.9 Å². The van der Waals surface area contributed by atoms with E-state index in [2.05, 4.69) is 5.32 Å². The maximum absolute atomic E-state index is 12.5. The quantitative estimate of drug-likeness (QED) is 0.674. The van der Waals surface area contributed by atoms with E-state index in [4.69, 9.17) is 0 Å². The zero-order valence-corrected chi connectivity index (χ0v) is 11.8. The fourth-order valence-corrected chi connectivity index (χ4v) is 2.59. The van der Waals surface area contributed by atoms with Gasteiger partial charge >= 0.3 is 0 Å². The first kappa shape index (κ1) is 14.5. The van der Waals surface area contributed by atoms with Crippen LogP contribution >= 0.6 is 0 Å². The van der Waals surface area contributed by atoms with Crippen LogP contribution in [0, 0.1) is 17.0 Å². The number of nitro benzene ring substituents is 1. The largest absolute Gasteiger partial charge is 0.339 e. The second-order valence-corrected chi connectivity index (χ2v) is 5.06. The number of carbonyl (C=O) groups excluding carboxylic acids is 1. The van der Waals surface area contributed by atoms with Crippen LogP contribution in [0.1, 0.15) is 28.8 Å². The number of benzene rings is 1. The van der Waals surface area contributed by atoms with Crippen LogP contribution in [0.2, 0.25) is 0 Å². The first-order chi connectivity index (χ1) is 9.54. The molecule has 20 heavy (non-hydrogen) atoms. The van der Waals surface area contributed by atoms with E-state index in [1.165, 1.54) is 6.07 Å². The number of nitrogens with one attached hydrogen (secondary N) is 1. The second-order valence-electron chi connectivity index (χ2n) is 5.06. The summed E-state index contributed by atoms with van der Waals surface area (Å²) >= 11 is 0. The molecule has 6 heteroatoms. The van der Waals surface area contributed by atoms with Crippen LogP contribution < -0.4 is 5.32 Å². The molecule has 0 saturated carbocycles. The molecule has 1 N–H and O–H groups in total. The Bertz CT molecular complexity index is 522. The molecule has 2 rings (SSSR count). The van der Waals surface area contributed by atoms with Crippen molar-refractivity contribution in [2.24, 2.45) is 0 Å². The standard InChI is InChI=1S/C14H19N3O3/c1-10-12(4-3-5-13(10)17(19)20)14(18)16-8-6-11(15-2)7-9-16/h3-5,11,15H,6-9H2,1-2H3. The minimum atomic E-state index is -0.445. The van der Waals surface area contributed by atoms with Gasteiger partial charge in [-0.25, -0.2) is 0 Å². The smallest absolute Gasteiger partial charge is 0.273 e. The summed E-state index contributed by atoms with van der Waals surface area (Å²) in [5.74, 6) is -0.110. The number of likely N-dealkylation sites (tertiary alicyclic amines) is 1. The van der Waals surface area contributed by atoms with Gasteiger partial charge in [-0.1, -0.05) is 6.07 Å². The lowest BCUT2D eigenvalue weighted by atomic mass is 10.0. The van der Waals surface area contributed by atoms with Crippen molar-refractivity contribution < 1.29 is 9.72 Å². The maximum atomic E-state index is 12.5. The van der Waals surface area contributed by atoms with Gasteiger partial charge in [-0.15, -0.1) is 0 Å². The van der Waals surface area contributed by atoms with E-state index < -0.39 is 4.92 Å². The predicted molar refractivity (Wildman–Crippen MR) is 75.8 cm³/mol. The molecule has 1 aromatic carbocycles. The highest BCUT2D eigenvalue weighted by atomic mass is 16.6. The lowest BCUT2D eigenvalue weighted by Gasteiger charge is -2.32. The zero-order valence-electron chi connectivity index (χ0n) is 11.8. The average Bonchev–Trinajstić information content (AvgIpc) is 2.46. The lowest BCUT2D eigenvalue weighted by molar-refractivity contribution is -0.385. The van der Waals surface area contributed by atoms with Crippen molar-refractivity contribution in [1.82, 2.24) is 10.2 Å². The molecular formula is C14H19N3O3. The molecule has 0 aliphatic carbocycles. The Morgan fingerprint density at radius 3 is 2.60 bits per heavy atom. The summed E-state index contributed by atoms with van der Waals surface area (Å²) in [6.45, 7) is 3.00. The highest BCUT2D eigenvalue weighted by Gasteiger charge is 2.25. The van der Waals surface area contributed by atoms with Crippen molar-refractivity contribution in [2.75, 3.05) is 20.1 Å². The minimum Gasteiger partial charge on any atom is -0.339 e. The van der Waals surface area contributed by atoms with Crippen LogP contribution in [0.25, 0.3) is 0 Å². The molecule has 0 unspecified atom stereocenters. The molecule has 0 spiro atoms. The Morgan fingerprint density at radius 2 is 2.05 bits per heavy atom. The Morgan fingerprint density at radius 1 is 1.40 bits per heavy atom. The summed E-state index contributed by atoms with van der Waals surface area (Å²) in [5, 5.41) is 14.1. The highest BCUT2D eigenvalue weighted by molar-refractivity contribution is 5.96. The summed E-state index contributed by atoms with van der Waals surface area (Å²) in [5.41, 5.74) is 0.876. The third-order valence-corrected chi connectivity index (χ3v) is 3.92. The van der Waals surface area contributed by atoms with E-state index in [0.717, 1.165) is 12.8 Å². The lowest BCUT2D eigenvalue weighted by Crippen LogP contribution is -2.44. The monoisotopic (exact) mass is 277 g/mol. The molecular weight excluding hydrogens is 258 g/mol. The normalized spacial score (nSPS) is 16.2. The van der Waals surface area contributed by atoms with Gasteiger partial charge in [-0.3, -0.25) is 14.9 Å². The topological polar surface area (TPSA) is 75.5 Å². The third kappa shape index (κ3) is 2.80. The molecule has 1 aliphatic heterocycles. The van der Waals surface area contributed by atoms with E-state index in [9.17, 15) is 14.9 Å². The molecule has 0 atom stereocenters. The molecule has 1 heterocycles. The number of carbonyl (C=O) groups is 1. The molecule has 0 radical (unpaired) electrons.